The van der Waals surface area contributed by atoms with Gasteiger partial charge in [-0.15, -0.1) is 11.3 Å². The Bertz CT molecular complexity index is 482. The van der Waals surface area contributed by atoms with Gasteiger partial charge in [-0.05, 0) is 25.8 Å². The third-order valence-corrected chi connectivity index (χ3v) is 3.67. The zero-order chi connectivity index (χ0) is 12.4. The molecular formula is C12H13NO3S. The maximum atomic E-state index is 11.9. The number of allylic oxidation sites excluding steroid dienone is 2. The Morgan fingerprint density at radius 3 is 2.65 bits per heavy atom. The van der Waals surface area contributed by atoms with Gasteiger partial charge in [0.2, 0.25) is 5.91 Å². The quantitative estimate of drug-likeness (QED) is 0.812. The maximum Gasteiger partial charge on any atom is 0.338 e. The zero-order valence-electron chi connectivity index (χ0n) is 9.40. The monoisotopic (exact) mass is 251 g/mol. The number of anilines is 1. The van der Waals surface area contributed by atoms with Crippen LogP contribution in [-0.2, 0) is 4.79 Å². The molecule has 0 unspecified atom stereocenters. The van der Waals surface area contributed by atoms with Gasteiger partial charge in [-0.2, -0.15) is 0 Å². The second kappa shape index (κ2) is 4.71. The SMILES string of the molecule is Cc1cc(C(=O)O)c(NC(=O)C2CC=CC2)s1. The molecule has 1 aromatic rings. The Hall–Kier alpha value is -1.62. The molecule has 0 fully saturated rings. The summed E-state index contributed by atoms with van der Waals surface area (Å²) < 4.78 is 0. The lowest BCUT2D eigenvalue weighted by Gasteiger charge is -2.09. The summed E-state index contributed by atoms with van der Waals surface area (Å²) in [7, 11) is 0. The summed E-state index contributed by atoms with van der Waals surface area (Å²) in [5.74, 6) is -1.16. The minimum Gasteiger partial charge on any atom is -0.478 e. The van der Waals surface area contributed by atoms with Gasteiger partial charge in [-0.1, -0.05) is 12.2 Å². The van der Waals surface area contributed by atoms with E-state index in [-0.39, 0.29) is 17.4 Å². The molecule has 0 saturated carbocycles. The van der Waals surface area contributed by atoms with E-state index < -0.39 is 5.97 Å². The van der Waals surface area contributed by atoms with E-state index >= 15 is 0 Å². The van der Waals surface area contributed by atoms with Gasteiger partial charge < -0.3 is 10.4 Å². The van der Waals surface area contributed by atoms with Crippen LogP contribution in [0.2, 0.25) is 0 Å². The van der Waals surface area contributed by atoms with E-state index in [1.807, 2.05) is 19.1 Å². The summed E-state index contributed by atoms with van der Waals surface area (Å²) in [4.78, 5) is 23.7. The molecule has 0 atom stereocenters. The van der Waals surface area contributed by atoms with E-state index in [2.05, 4.69) is 5.32 Å². The predicted molar refractivity (Wildman–Crippen MR) is 66.5 cm³/mol. The van der Waals surface area contributed by atoms with E-state index in [0.717, 1.165) is 17.7 Å². The number of carbonyl (C=O) groups excluding carboxylic acids is 1. The van der Waals surface area contributed by atoms with Crippen LogP contribution < -0.4 is 5.32 Å². The van der Waals surface area contributed by atoms with Crippen molar-refractivity contribution in [2.75, 3.05) is 5.32 Å². The van der Waals surface area contributed by atoms with Gasteiger partial charge in [-0.25, -0.2) is 4.79 Å². The van der Waals surface area contributed by atoms with E-state index in [1.165, 1.54) is 11.3 Å². The van der Waals surface area contributed by atoms with Gasteiger partial charge in [0.25, 0.3) is 0 Å². The molecule has 1 heterocycles. The number of carbonyl (C=O) groups is 2. The molecular weight excluding hydrogens is 238 g/mol. The maximum absolute atomic E-state index is 11.9. The summed E-state index contributed by atoms with van der Waals surface area (Å²) >= 11 is 1.30. The zero-order valence-corrected chi connectivity index (χ0v) is 10.2. The fourth-order valence-corrected chi connectivity index (χ4v) is 2.72. The Morgan fingerprint density at radius 1 is 1.41 bits per heavy atom. The van der Waals surface area contributed by atoms with Crippen LogP contribution in [0.25, 0.3) is 0 Å². The summed E-state index contributed by atoms with van der Waals surface area (Å²) in [5, 5.41) is 12.2. The van der Waals surface area contributed by atoms with Gasteiger partial charge >= 0.3 is 5.97 Å². The smallest absolute Gasteiger partial charge is 0.338 e. The molecule has 0 spiro atoms. The Labute approximate surface area is 103 Å². The first-order valence-electron chi connectivity index (χ1n) is 5.37. The lowest BCUT2D eigenvalue weighted by atomic mass is 10.1. The number of aryl methyl sites for hydroxylation is 1. The molecule has 1 amide bonds. The van der Waals surface area contributed by atoms with Crippen molar-refractivity contribution in [1.29, 1.82) is 0 Å². The largest absolute Gasteiger partial charge is 0.478 e. The Morgan fingerprint density at radius 2 is 2.06 bits per heavy atom. The molecule has 0 radical (unpaired) electrons. The lowest BCUT2D eigenvalue weighted by molar-refractivity contribution is -0.119. The normalized spacial score (nSPS) is 15.1. The van der Waals surface area contributed by atoms with Gasteiger partial charge in [0.15, 0.2) is 0 Å². The van der Waals surface area contributed by atoms with E-state index in [0.29, 0.717) is 5.00 Å². The van der Waals surface area contributed by atoms with Gasteiger partial charge in [0.05, 0.1) is 5.56 Å². The van der Waals surface area contributed by atoms with Crippen LogP contribution in [-0.4, -0.2) is 17.0 Å². The molecule has 2 rings (SSSR count). The van der Waals surface area contributed by atoms with Crippen molar-refractivity contribution in [3.63, 3.8) is 0 Å². The number of carboxylic acid groups (broad SMARTS) is 1. The third kappa shape index (κ3) is 2.55. The first-order valence-corrected chi connectivity index (χ1v) is 6.19. The molecule has 5 heteroatoms. The Kier molecular flexibility index (Phi) is 3.28. The highest BCUT2D eigenvalue weighted by Crippen LogP contribution is 2.29. The summed E-state index contributed by atoms with van der Waals surface area (Å²) in [6.45, 7) is 1.82. The van der Waals surface area contributed by atoms with Crippen LogP contribution in [0.1, 0.15) is 28.1 Å². The molecule has 0 aliphatic heterocycles. The highest BCUT2D eigenvalue weighted by molar-refractivity contribution is 7.16. The second-order valence-electron chi connectivity index (χ2n) is 4.03. The van der Waals surface area contributed by atoms with Gasteiger partial charge in [-0.3, -0.25) is 4.79 Å². The van der Waals surface area contributed by atoms with Gasteiger partial charge in [0, 0.05) is 10.8 Å². The molecule has 0 aromatic carbocycles. The minimum atomic E-state index is -1.01. The fraction of sp³-hybridized carbons (Fsp3) is 0.333. The highest BCUT2D eigenvalue weighted by atomic mass is 32.1. The minimum absolute atomic E-state index is 0.0564. The number of amides is 1. The van der Waals surface area contributed by atoms with Crippen molar-refractivity contribution in [1.82, 2.24) is 0 Å². The van der Waals surface area contributed by atoms with Crippen LogP contribution >= 0.6 is 11.3 Å². The lowest BCUT2D eigenvalue weighted by Crippen LogP contribution is -2.21. The fourth-order valence-electron chi connectivity index (χ4n) is 1.81. The molecule has 0 saturated heterocycles. The first-order chi connectivity index (χ1) is 8.08. The molecule has 1 aliphatic rings. The van der Waals surface area contributed by atoms with E-state index in [1.54, 1.807) is 6.07 Å². The van der Waals surface area contributed by atoms with Crippen LogP contribution in [0.3, 0.4) is 0 Å². The third-order valence-electron chi connectivity index (χ3n) is 2.70. The van der Waals surface area contributed by atoms with Gasteiger partial charge in [0.1, 0.15) is 5.00 Å². The highest BCUT2D eigenvalue weighted by Gasteiger charge is 2.22. The topological polar surface area (TPSA) is 66.4 Å². The van der Waals surface area contributed by atoms with E-state index in [9.17, 15) is 9.59 Å². The van der Waals surface area contributed by atoms with Crippen LogP contribution in [0.15, 0.2) is 18.2 Å². The van der Waals surface area contributed by atoms with Crippen molar-refractivity contribution in [2.45, 2.75) is 19.8 Å². The molecule has 0 bridgehead atoms. The predicted octanol–water partition coefficient (Wildman–Crippen LogP) is 2.66. The number of rotatable bonds is 3. The number of nitrogens with one attached hydrogen (secondary N) is 1. The van der Waals surface area contributed by atoms with Crippen LogP contribution in [0.5, 0.6) is 0 Å². The summed E-state index contributed by atoms with van der Waals surface area (Å²) in [6.07, 6.45) is 5.42. The number of thiophene rings is 1. The molecule has 2 N–H and O–H groups in total. The number of carboxylic acids is 1. The number of hydrogen-bond acceptors (Lipinski definition) is 3. The Balaban J connectivity index is 2.12. The standard InChI is InChI=1S/C12H13NO3S/c1-7-6-9(12(15)16)11(17-7)13-10(14)8-4-2-3-5-8/h2-3,6,8H,4-5H2,1H3,(H,13,14)(H,15,16). The van der Waals surface area contributed by atoms with Crippen molar-refractivity contribution >= 4 is 28.2 Å². The van der Waals surface area contributed by atoms with Crippen LogP contribution in [0.4, 0.5) is 5.00 Å². The molecule has 90 valence electrons. The number of aromatic carboxylic acids is 1. The molecule has 1 aromatic heterocycles. The average Bonchev–Trinajstić information content (AvgIpc) is 2.86. The van der Waals surface area contributed by atoms with Crippen molar-refractivity contribution in [2.24, 2.45) is 5.92 Å². The van der Waals surface area contributed by atoms with Crippen molar-refractivity contribution < 1.29 is 14.7 Å². The molecule has 17 heavy (non-hydrogen) atoms. The van der Waals surface area contributed by atoms with Crippen LogP contribution in [0, 0.1) is 12.8 Å². The van der Waals surface area contributed by atoms with Crippen molar-refractivity contribution in [3.8, 4) is 0 Å². The average molecular weight is 251 g/mol. The molecule has 1 aliphatic carbocycles. The second-order valence-corrected chi connectivity index (χ2v) is 5.29. The number of hydrogen-bond donors (Lipinski definition) is 2. The van der Waals surface area contributed by atoms with E-state index in [4.69, 9.17) is 5.11 Å². The van der Waals surface area contributed by atoms with Crippen molar-refractivity contribution in [3.05, 3.63) is 28.7 Å². The molecule has 4 nitrogen and oxygen atoms in total. The summed E-state index contributed by atoms with van der Waals surface area (Å²) in [5.41, 5.74) is 0.173. The summed E-state index contributed by atoms with van der Waals surface area (Å²) in [6, 6.07) is 1.58. The first kappa shape index (κ1) is 11.9.